The van der Waals surface area contributed by atoms with Crippen molar-refractivity contribution in [2.24, 2.45) is 5.16 Å². The number of aliphatic hydroxyl groups excluding tert-OH is 1. The third kappa shape index (κ3) is 16.2. The number of methoxy groups -OCH3 is 1. The first-order chi connectivity index (χ1) is 34.2. The van der Waals surface area contributed by atoms with Gasteiger partial charge in [0.2, 0.25) is 0 Å². The Kier molecular flexibility index (Phi) is 22.6. The summed E-state index contributed by atoms with van der Waals surface area (Å²) in [6.45, 7) is 11.9. The Balaban J connectivity index is 0.737. The van der Waals surface area contributed by atoms with E-state index in [2.05, 4.69) is 11.7 Å². The lowest BCUT2D eigenvalue weighted by Crippen LogP contribution is -2.33. The number of ketones is 1. The van der Waals surface area contributed by atoms with Gasteiger partial charge in [-0.05, 0) is 43.2 Å². The van der Waals surface area contributed by atoms with Crippen molar-refractivity contribution in [2.45, 2.75) is 70.2 Å². The number of rotatable bonds is 36. The first-order valence-corrected chi connectivity index (χ1v) is 23.7. The highest BCUT2D eigenvalue weighted by molar-refractivity contribution is 6.09. The number of oxime groups is 1. The van der Waals surface area contributed by atoms with Crippen molar-refractivity contribution in [2.75, 3.05) is 126 Å². The van der Waals surface area contributed by atoms with Crippen LogP contribution in [-0.2, 0) is 79.8 Å². The van der Waals surface area contributed by atoms with Crippen molar-refractivity contribution in [1.82, 2.24) is 5.06 Å². The number of fused-ring (bicyclic) bond motifs is 4. The lowest BCUT2D eigenvalue weighted by molar-refractivity contribution is -0.198. The van der Waals surface area contributed by atoms with Gasteiger partial charge in [0.25, 0.3) is 11.8 Å². The molecule has 1 N–H and O–H groups in total. The van der Waals surface area contributed by atoms with Gasteiger partial charge in [0.15, 0.2) is 11.9 Å². The van der Waals surface area contributed by atoms with Gasteiger partial charge < -0.3 is 71.6 Å². The van der Waals surface area contributed by atoms with E-state index in [1.165, 1.54) is 0 Å². The van der Waals surface area contributed by atoms with Gasteiger partial charge in [-0.25, -0.2) is 4.79 Å². The summed E-state index contributed by atoms with van der Waals surface area (Å²) in [7, 11) is 1.55. The fourth-order valence-electron chi connectivity index (χ4n) is 7.71. The molecule has 2 unspecified atom stereocenters. The molecular formula is C49H66N2O19. The summed E-state index contributed by atoms with van der Waals surface area (Å²) in [4.78, 5) is 58.4. The van der Waals surface area contributed by atoms with Crippen molar-refractivity contribution in [3.63, 3.8) is 0 Å². The van der Waals surface area contributed by atoms with Crippen LogP contribution in [0.25, 0.3) is 0 Å². The molecule has 1 saturated heterocycles. The van der Waals surface area contributed by atoms with Crippen molar-refractivity contribution >= 4 is 29.3 Å². The summed E-state index contributed by atoms with van der Waals surface area (Å²) >= 11 is 0. The summed E-state index contributed by atoms with van der Waals surface area (Å²) < 4.78 is 68.1. The van der Waals surface area contributed by atoms with Gasteiger partial charge >= 0.3 is 5.97 Å². The number of hydroxylamine groups is 2. The van der Waals surface area contributed by atoms with Crippen LogP contribution in [0.5, 0.6) is 23.0 Å². The van der Waals surface area contributed by atoms with Crippen LogP contribution in [0.3, 0.4) is 0 Å². The first kappa shape index (κ1) is 54.1. The average molecular weight is 987 g/mol. The molecule has 2 aromatic carbocycles. The molecule has 386 valence electrons. The number of nitrogens with zero attached hydrogens (tertiary/aromatic N) is 2. The van der Waals surface area contributed by atoms with Crippen LogP contribution in [0.15, 0.2) is 41.6 Å². The maximum absolute atomic E-state index is 13.1. The van der Waals surface area contributed by atoms with E-state index in [1.807, 2.05) is 25.1 Å². The van der Waals surface area contributed by atoms with Crippen molar-refractivity contribution < 1.29 is 90.8 Å². The Hall–Kier alpha value is -5.23. The maximum atomic E-state index is 13.1. The molecule has 0 aromatic heterocycles. The molecule has 3 atom stereocenters. The van der Waals surface area contributed by atoms with E-state index in [0.717, 1.165) is 16.7 Å². The second-order valence-electron chi connectivity index (χ2n) is 16.5. The lowest BCUT2D eigenvalue weighted by atomic mass is 9.83. The fraction of sp³-hybridized carbons (Fsp3) is 0.612. The molecule has 21 nitrogen and oxygen atoms in total. The lowest BCUT2D eigenvalue weighted by Gasteiger charge is -2.29. The van der Waals surface area contributed by atoms with E-state index < -0.39 is 17.8 Å². The largest absolute Gasteiger partial charge is 0.496 e. The molecule has 0 aliphatic carbocycles. The molecular weight excluding hydrogens is 921 g/mol. The minimum absolute atomic E-state index is 0.0479. The van der Waals surface area contributed by atoms with Gasteiger partial charge in [-0.2, -0.15) is 0 Å². The van der Waals surface area contributed by atoms with Crippen LogP contribution in [0.1, 0.15) is 67.2 Å². The summed E-state index contributed by atoms with van der Waals surface area (Å²) in [5.74, 6) is 0.226. The molecule has 70 heavy (non-hydrogen) atoms. The quantitative estimate of drug-likeness (QED) is 0.0587. The zero-order chi connectivity index (χ0) is 49.5. The third-order valence-electron chi connectivity index (χ3n) is 11.4. The average Bonchev–Trinajstić information content (AvgIpc) is 4.09. The fourth-order valence-corrected chi connectivity index (χ4v) is 7.71. The predicted molar refractivity (Wildman–Crippen MR) is 246 cm³/mol. The van der Waals surface area contributed by atoms with Crippen LogP contribution in [0.4, 0.5) is 0 Å². The monoisotopic (exact) mass is 986 g/mol. The van der Waals surface area contributed by atoms with Gasteiger partial charge in [0.1, 0.15) is 48.0 Å². The van der Waals surface area contributed by atoms with Crippen molar-refractivity contribution in [3.05, 3.63) is 58.7 Å². The van der Waals surface area contributed by atoms with E-state index >= 15 is 0 Å². The number of aliphatic hydroxyl groups is 1. The predicted octanol–water partition coefficient (Wildman–Crippen LogP) is 3.20. The molecule has 2 amide bonds. The number of Topliss-reactive ketones (excluding diaryl/α,β-unsaturated/α-hetero) is 1. The molecule has 4 aliphatic heterocycles. The van der Waals surface area contributed by atoms with Crippen molar-refractivity contribution in [3.8, 4) is 23.0 Å². The Labute approximate surface area is 407 Å². The number of benzene rings is 2. The summed E-state index contributed by atoms with van der Waals surface area (Å²) in [6.07, 6.45) is 0.746. The number of hydrogen-bond acceptors (Lipinski definition) is 20. The van der Waals surface area contributed by atoms with Gasteiger partial charge in [-0.3, -0.25) is 14.4 Å². The smallest absolute Gasteiger partial charge is 0.335 e. The summed E-state index contributed by atoms with van der Waals surface area (Å²) in [6, 6.07) is 7.43. The van der Waals surface area contributed by atoms with Crippen LogP contribution in [-0.4, -0.2) is 178 Å². The Bertz CT molecular complexity index is 2060. The molecule has 1 fully saturated rings. The van der Waals surface area contributed by atoms with Crippen molar-refractivity contribution in [1.29, 1.82) is 0 Å². The first-order valence-electron chi connectivity index (χ1n) is 23.7. The van der Waals surface area contributed by atoms with E-state index in [1.54, 1.807) is 13.2 Å². The maximum Gasteiger partial charge on any atom is 0.335 e. The molecule has 4 aliphatic rings. The van der Waals surface area contributed by atoms with E-state index in [-0.39, 0.29) is 82.6 Å². The van der Waals surface area contributed by atoms with Crippen LogP contribution in [0, 0.1) is 0 Å². The van der Waals surface area contributed by atoms with Gasteiger partial charge in [-0.15, -0.1) is 5.06 Å². The van der Waals surface area contributed by atoms with E-state index in [4.69, 9.17) is 66.5 Å². The molecule has 2 aromatic rings. The Morgan fingerprint density at radius 1 is 0.771 bits per heavy atom. The second kappa shape index (κ2) is 29.2. The highest BCUT2D eigenvalue weighted by Crippen LogP contribution is 2.47. The van der Waals surface area contributed by atoms with Gasteiger partial charge in [0, 0.05) is 54.5 Å². The zero-order valence-corrected chi connectivity index (χ0v) is 40.1. The topological polar surface area (TPSA) is 233 Å². The molecule has 0 spiro atoms. The number of imide groups is 1. The summed E-state index contributed by atoms with van der Waals surface area (Å²) in [5, 5.41) is 14.9. The molecule has 21 heteroatoms. The number of hydrogen-bond donors (Lipinski definition) is 1. The van der Waals surface area contributed by atoms with Gasteiger partial charge in [0.05, 0.1) is 125 Å². The third-order valence-corrected chi connectivity index (χ3v) is 11.4. The zero-order valence-electron chi connectivity index (χ0n) is 40.1. The molecule has 6 rings (SSSR count). The van der Waals surface area contributed by atoms with Crippen LogP contribution < -0.4 is 18.9 Å². The van der Waals surface area contributed by atoms with E-state index in [9.17, 15) is 24.3 Å². The van der Waals surface area contributed by atoms with Crippen LogP contribution >= 0.6 is 0 Å². The number of ether oxygens (including phenoxy) is 12. The molecule has 4 heterocycles. The number of carbonyl (C=O) groups excluding carboxylic acids is 4. The molecule has 0 bridgehead atoms. The number of amides is 2. The SMILES string of the molecule is C=C(C)[C@H]1Cc2c(ccc(C3=NOC4COc5cc(CO)c(OC)cc5C34)c2OCC(=O)CCCOCCOCCOCCOCCOCCOCCOCCOCCC(=O)ON2C(=O)CCC2=O)O1. The second-order valence-corrected chi connectivity index (χ2v) is 16.5. The molecule has 0 radical (unpaired) electrons. The highest BCUT2D eigenvalue weighted by Gasteiger charge is 2.44. The normalized spacial score (nSPS) is 17.8. The van der Waals surface area contributed by atoms with E-state index in [0.29, 0.717) is 150 Å². The standard InChI is InChI=1S/C49H66N2O19/c1-33(2)40-29-38-39(68-40)7-6-36(48-47-37-28-41(57-3)34(30-52)27-42(37)66-32-43(47)69-50-48)49(38)67-31-35(53)5-4-11-58-13-15-60-17-19-62-21-23-64-25-26-65-24-22-63-20-18-61-16-14-59-12-10-46(56)70-51-44(54)8-9-45(51)55/h6-7,27-28,40,43,47,52H,1,4-5,8-26,29-32H2,2-3H3/t40-,43?,47?/m1/s1. The molecule has 0 saturated carbocycles. The minimum Gasteiger partial charge on any atom is -0.496 e. The van der Waals surface area contributed by atoms with Crippen LogP contribution in [0.2, 0.25) is 0 Å². The highest BCUT2D eigenvalue weighted by atomic mass is 16.7. The van der Waals surface area contributed by atoms with Gasteiger partial charge in [-0.1, -0.05) is 11.7 Å². The Morgan fingerprint density at radius 3 is 1.90 bits per heavy atom. The Morgan fingerprint density at radius 2 is 1.34 bits per heavy atom. The number of carbonyl (C=O) groups is 4. The summed E-state index contributed by atoms with van der Waals surface area (Å²) in [5.41, 5.74) is 4.50. The minimum atomic E-state index is -0.710.